The van der Waals surface area contributed by atoms with E-state index in [1.54, 1.807) is 0 Å². The van der Waals surface area contributed by atoms with Gasteiger partial charge in [0.05, 0.1) is 0 Å². The van der Waals surface area contributed by atoms with Gasteiger partial charge in [0.2, 0.25) is 17.7 Å². The molecule has 2 atom stereocenters. The van der Waals surface area contributed by atoms with E-state index in [-0.39, 0.29) is 5.91 Å². The number of para-hydroxylation sites is 1. The Morgan fingerprint density at radius 1 is 0.919 bits per heavy atom. The average molecular weight is 510 g/mol. The van der Waals surface area contributed by atoms with Gasteiger partial charge < -0.3 is 21.1 Å². The number of benzene rings is 2. The molecule has 1 heterocycles. The zero-order valence-electron chi connectivity index (χ0n) is 22.5. The molecule has 2 aromatic carbocycles. The molecule has 1 fully saturated rings. The van der Waals surface area contributed by atoms with E-state index < -0.39 is 23.7 Å². The van der Waals surface area contributed by atoms with Crippen LogP contribution in [0.1, 0.15) is 71.3 Å². The van der Waals surface area contributed by atoms with E-state index in [1.165, 1.54) is 0 Å². The van der Waals surface area contributed by atoms with Crippen LogP contribution in [0.5, 0.6) is 11.5 Å². The second-order valence-corrected chi connectivity index (χ2v) is 10.1. The third-order valence-electron chi connectivity index (χ3n) is 6.46. The van der Waals surface area contributed by atoms with Gasteiger partial charge in [-0.1, -0.05) is 63.9 Å². The van der Waals surface area contributed by atoms with Gasteiger partial charge in [0.25, 0.3) is 0 Å². The van der Waals surface area contributed by atoms with Crippen molar-refractivity contribution in [2.45, 2.75) is 72.3 Å². The summed E-state index contributed by atoms with van der Waals surface area (Å²) in [6, 6.07) is 17.7. The van der Waals surface area contributed by atoms with E-state index in [4.69, 9.17) is 16.2 Å². The number of carbonyl (C=O) groups is 3. The lowest BCUT2D eigenvalue weighted by molar-refractivity contribution is -0.132. The van der Waals surface area contributed by atoms with Gasteiger partial charge in [-0.2, -0.15) is 0 Å². The summed E-state index contributed by atoms with van der Waals surface area (Å²) in [4.78, 5) is 36.6. The molecule has 0 aromatic heterocycles. The predicted octanol–water partition coefficient (Wildman–Crippen LogP) is 5.42. The van der Waals surface area contributed by atoms with Gasteiger partial charge in [-0.25, -0.2) is 0 Å². The van der Waals surface area contributed by atoms with Crippen LogP contribution in [0.2, 0.25) is 0 Å². The number of hydrogen-bond donors (Lipinski definition) is 2. The highest BCUT2D eigenvalue weighted by Gasteiger charge is 2.30. The minimum atomic E-state index is -0.416. The molecule has 37 heavy (non-hydrogen) atoms. The lowest BCUT2D eigenvalue weighted by Gasteiger charge is -2.23. The van der Waals surface area contributed by atoms with Gasteiger partial charge in [0.1, 0.15) is 11.5 Å². The summed E-state index contributed by atoms with van der Waals surface area (Å²) in [7, 11) is 0. The minimum Gasteiger partial charge on any atom is -0.457 e. The molecule has 0 saturated carbocycles. The van der Waals surface area contributed by atoms with Crippen molar-refractivity contribution < 1.29 is 19.1 Å². The number of ether oxygens (including phenoxy) is 1. The first-order valence-electron chi connectivity index (χ1n) is 13.4. The van der Waals surface area contributed by atoms with E-state index in [0.717, 1.165) is 49.3 Å². The summed E-state index contributed by atoms with van der Waals surface area (Å²) in [5.41, 5.74) is 11.7. The summed E-state index contributed by atoms with van der Waals surface area (Å²) in [6.07, 6.45) is 6.05. The number of likely N-dealkylation sites (tertiary alicyclic amines) is 1. The van der Waals surface area contributed by atoms with Crippen molar-refractivity contribution in [1.29, 1.82) is 0 Å². The molecule has 202 valence electrons. The number of rotatable bonds is 11. The van der Waals surface area contributed by atoms with Gasteiger partial charge in [-0.3, -0.25) is 14.4 Å². The summed E-state index contributed by atoms with van der Waals surface area (Å²) in [5.74, 6) is 0.587. The van der Waals surface area contributed by atoms with Crippen LogP contribution in [0.3, 0.4) is 0 Å². The van der Waals surface area contributed by atoms with Crippen LogP contribution in [0, 0.1) is 17.8 Å². The van der Waals surface area contributed by atoms with E-state index in [9.17, 15) is 14.4 Å². The normalized spacial score (nSPS) is 15.2. The highest BCUT2D eigenvalue weighted by molar-refractivity contribution is 5.86. The predicted molar refractivity (Wildman–Crippen MR) is 147 cm³/mol. The van der Waals surface area contributed by atoms with Crippen molar-refractivity contribution in [1.82, 2.24) is 4.90 Å². The van der Waals surface area contributed by atoms with Crippen LogP contribution in [-0.4, -0.2) is 29.2 Å². The van der Waals surface area contributed by atoms with Crippen molar-refractivity contribution in [3.8, 4) is 11.5 Å². The molecule has 0 aliphatic carbocycles. The molecular formula is C30H43N3O4. The topological polar surface area (TPSA) is 116 Å². The van der Waals surface area contributed by atoms with Crippen molar-refractivity contribution in [2.75, 3.05) is 6.54 Å². The monoisotopic (exact) mass is 509 g/mol. The highest BCUT2D eigenvalue weighted by Crippen LogP contribution is 2.25. The average Bonchev–Trinajstić information content (AvgIpc) is 3.06. The first kappa shape index (κ1) is 29.9. The van der Waals surface area contributed by atoms with Gasteiger partial charge in [0, 0.05) is 31.3 Å². The number of hydrogen-bond acceptors (Lipinski definition) is 4. The van der Waals surface area contributed by atoms with Crippen LogP contribution >= 0.6 is 0 Å². The largest absolute Gasteiger partial charge is 0.457 e. The van der Waals surface area contributed by atoms with Gasteiger partial charge in [-0.15, -0.1) is 0 Å². The van der Waals surface area contributed by atoms with Gasteiger partial charge in [-0.05, 0) is 61.4 Å². The summed E-state index contributed by atoms with van der Waals surface area (Å²) in [6.45, 7) is 7.50. The summed E-state index contributed by atoms with van der Waals surface area (Å²) < 4.78 is 5.86. The Bertz CT molecular complexity index is 993. The minimum absolute atomic E-state index is 0.270. The Hall–Kier alpha value is -3.35. The molecule has 4 N–H and O–H groups in total. The third kappa shape index (κ3) is 10.7. The van der Waals surface area contributed by atoms with Crippen molar-refractivity contribution in [3.05, 3.63) is 60.2 Å². The smallest absolute Gasteiger partial charge is 0.222 e. The van der Waals surface area contributed by atoms with E-state index in [0.29, 0.717) is 31.7 Å². The Labute approximate surface area is 221 Å². The van der Waals surface area contributed by atoms with E-state index in [1.807, 2.05) is 74.2 Å². The lowest BCUT2D eigenvalue weighted by atomic mass is 9.82. The standard InChI is InChI=1S/C19H21NO2.C11H22N2O2/c21-19-12-5-2-6-13-20(19)15-16-8-7-11-18(14-16)22-17-9-3-1-4-10-17;1-4-5-8(10(12)14)9(11(13)15)6-7(2)3/h1,3-4,7-11,14H,2,5-6,12-13,15H2;7-9H,4-6H2,1-3H3,(H2,12,14)(H2,13,15). The number of amides is 3. The molecule has 3 rings (SSSR count). The van der Waals surface area contributed by atoms with E-state index in [2.05, 4.69) is 6.07 Å². The van der Waals surface area contributed by atoms with E-state index >= 15 is 0 Å². The SMILES string of the molecule is CCCC(C(N)=O)C(CC(C)C)C(N)=O.O=C1CCCCCN1Cc1cccc(Oc2ccccc2)c1. The Morgan fingerprint density at radius 3 is 2.22 bits per heavy atom. The molecule has 1 saturated heterocycles. The Balaban J connectivity index is 0.000000283. The number of primary amides is 2. The fourth-order valence-electron chi connectivity index (χ4n) is 4.60. The molecular weight excluding hydrogens is 466 g/mol. The molecule has 2 unspecified atom stereocenters. The molecule has 0 spiro atoms. The molecule has 0 bridgehead atoms. The molecule has 2 aromatic rings. The van der Waals surface area contributed by atoms with Crippen molar-refractivity contribution in [2.24, 2.45) is 29.2 Å². The third-order valence-corrected chi connectivity index (χ3v) is 6.46. The lowest BCUT2D eigenvalue weighted by Crippen LogP contribution is -2.38. The van der Waals surface area contributed by atoms with Crippen LogP contribution in [0.15, 0.2) is 54.6 Å². The fraction of sp³-hybridized carbons (Fsp3) is 0.500. The van der Waals surface area contributed by atoms with Crippen LogP contribution in [0.4, 0.5) is 0 Å². The maximum atomic E-state index is 12.1. The zero-order chi connectivity index (χ0) is 27.2. The number of nitrogens with zero attached hydrogens (tertiary/aromatic N) is 1. The summed E-state index contributed by atoms with van der Waals surface area (Å²) >= 11 is 0. The first-order chi connectivity index (χ1) is 17.7. The molecule has 0 radical (unpaired) electrons. The van der Waals surface area contributed by atoms with Gasteiger partial charge in [0.15, 0.2) is 0 Å². The van der Waals surface area contributed by atoms with Crippen LogP contribution < -0.4 is 16.2 Å². The number of nitrogens with two attached hydrogens (primary N) is 2. The second kappa shape index (κ2) is 15.7. The fourth-order valence-corrected chi connectivity index (χ4v) is 4.60. The Morgan fingerprint density at radius 2 is 1.59 bits per heavy atom. The highest BCUT2D eigenvalue weighted by atomic mass is 16.5. The maximum Gasteiger partial charge on any atom is 0.222 e. The quantitative estimate of drug-likeness (QED) is 0.421. The van der Waals surface area contributed by atoms with Crippen LogP contribution in [-0.2, 0) is 20.9 Å². The van der Waals surface area contributed by atoms with Gasteiger partial charge >= 0.3 is 0 Å². The summed E-state index contributed by atoms with van der Waals surface area (Å²) in [5, 5.41) is 0. The Kier molecular flexibility index (Phi) is 12.7. The molecule has 7 nitrogen and oxygen atoms in total. The second-order valence-electron chi connectivity index (χ2n) is 10.1. The van der Waals surface area contributed by atoms with Crippen molar-refractivity contribution in [3.63, 3.8) is 0 Å². The molecule has 1 aliphatic rings. The molecule has 3 amide bonds. The molecule has 7 heteroatoms. The maximum absolute atomic E-state index is 12.1. The van der Waals surface area contributed by atoms with Crippen LogP contribution in [0.25, 0.3) is 0 Å². The zero-order valence-corrected chi connectivity index (χ0v) is 22.5. The first-order valence-corrected chi connectivity index (χ1v) is 13.4. The number of carbonyl (C=O) groups excluding carboxylic acids is 3. The molecule has 1 aliphatic heterocycles. The van der Waals surface area contributed by atoms with Crippen molar-refractivity contribution >= 4 is 17.7 Å².